The number of amides is 2. The molecule has 0 spiro atoms. The Labute approximate surface area is 144 Å². The van der Waals surface area contributed by atoms with E-state index in [4.69, 9.17) is 0 Å². The largest absolute Gasteiger partial charge is 0.389 e. The van der Waals surface area contributed by atoms with Crippen molar-refractivity contribution in [3.8, 4) is 0 Å². The third kappa shape index (κ3) is 4.81. The molecule has 0 aromatic heterocycles. The molecule has 2 rings (SSSR count). The molecule has 1 atom stereocenters. The molecule has 1 fully saturated rings. The van der Waals surface area contributed by atoms with Crippen molar-refractivity contribution in [1.82, 2.24) is 9.80 Å². The van der Waals surface area contributed by atoms with Gasteiger partial charge in [0.1, 0.15) is 6.04 Å². The van der Waals surface area contributed by atoms with Gasteiger partial charge in [0.15, 0.2) is 0 Å². The summed E-state index contributed by atoms with van der Waals surface area (Å²) in [6.45, 7) is 6.71. The lowest BCUT2D eigenvalue weighted by Crippen LogP contribution is -2.51. The second kappa shape index (κ2) is 7.79. The van der Waals surface area contributed by atoms with Crippen molar-refractivity contribution in [3.63, 3.8) is 0 Å². The van der Waals surface area contributed by atoms with Crippen LogP contribution in [0.4, 0.5) is 0 Å². The molecule has 2 amide bonds. The Morgan fingerprint density at radius 3 is 2.54 bits per heavy atom. The number of hydrogen-bond acceptors (Lipinski definition) is 3. The summed E-state index contributed by atoms with van der Waals surface area (Å²) < 4.78 is 0. The molecule has 0 aliphatic carbocycles. The molecular formula is C19H28N2O3. The highest BCUT2D eigenvalue weighted by Gasteiger charge is 2.37. The first kappa shape index (κ1) is 18.5. The molecule has 5 heteroatoms. The fourth-order valence-electron chi connectivity index (χ4n) is 3.22. The van der Waals surface area contributed by atoms with E-state index in [-0.39, 0.29) is 18.4 Å². The summed E-state index contributed by atoms with van der Waals surface area (Å²) in [5, 5.41) is 10.0. The number of rotatable bonds is 6. The first-order valence-corrected chi connectivity index (χ1v) is 8.66. The van der Waals surface area contributed by atoms with Crippen LogP contribution in [0, 0.1) is 0 Å². The average molecular weight is 332 g/mol. The predicted octanol–water partition coefficient (Wildman–Crippen LogP) is 1.84. The predicted molar refractivity (Wildman–Crippen MR) is 93.4 cm³/mol. The Kier molecular flexibility index (Phi) is 5.99. The molecule has 0 bridgehead atoms. The van der Waals surface area contributed by atoms with Crippen LogP contribution in [-0.4, -0.2) is 58.0 Å². The molecule has 1 unspecified atom stereocenters. The Balaban J connectivity index is 2.05. The number of carbonyl (C=O) groups excluding carboxylic acids is 2. The van der Waals surface area contributed by atoms with Crippen LogP contribution in [0.25, 0.3) is 0 Å². The van der Waals surface area contributed by atoms with Gasteiger partial charge in [0.05, 0.1) is 12.0 Å². The van der Waals surface area contributed by atoms with E-state index >= 15 is 0 Å². The van der Waals surface area contributed by atoms with E-state index < -0.39 is 11.6 Å². The van der Waals surface area contributed by atoms with Crippen LogP contribution in [0.3, 0.4) is 0 Å². The zero-order valence-electron chi connectivity index (χ0n) is 14.9. The summed E-state index contributed by atoms with van der Waals surface area (Å²) in [5.74, 6) is -0.0603. The van der Waals surface area contributed by atoms with Gasteiger partial charge >= 0.3 is 0 Å². The van der Waals surface area contributed by atoms with Gasteiger partial charge < -0.3 is 14.9 Å². The van der Waals surface area contributed by atoms with Gasteiger partial charge in [-0.25, -0.2) is 0 Å². The van der Waals surface area contributed by atoms with Gasteiger partial charge in [-0.2, -0.15) is 0 Å². The maximum atomic E-state index is 12.8. The molecule has 1 aromatic carbocycles. The van der Waals surface area contributed by atoms with Crippen LogP contribution >= 0.6 is 0 Å². The Morgan fingerprint density at radius 2 is 1.96 bits per heavy atom. The minimum Gasteiger partial charge on any atom is -0.389 e. The molecule has 1 heterocycles. The molecule has 5 nitrogen and oxygen atoms in total. The summed E-state index contributed by atoms with van der Waals surface area (Å²) in [6, 6.07) is 9.21. The van der Waals surface area contributed by atoms with Crippen molar-refractivity contribution < 1.29 is 14.7 Å². The van der Waals surface area contributed by atoms with Crippen molar-refractivity contribution in [2.24, 2.45) is 0 Å². The third-order valence-electron chi connectivity index (χ3n) is 4.33. The smallest absolute Gasteiger partial charge is 0.245 e. The van der Waals surface area contributed by atoms with Crippen molar-refractivity contribution in [2.45, 2.75) is 51.7 Å². The quantitative estimate of drug-likeness (QED) is 0.865. The summed E-state index contributed by atoms with van der Waals surface area (Å²) in [6.07, 6.45) is 1.86. The molecule has 1 aliphatic heterocycles. The summed E-state index contributed by atoms with van der Waals surface area (Å²) >= 11 is 0. The van der Waals surface area contributed by atoms with Gasteiger partial charge in [-0.05, 0) is 39.2 Å². The van der Waals surface area contributed by atoms with Crippen molar-refractivity contribution in [1.29, 1.82) is 0 Å². The minimum absolute atomic E-state index is 0.00337. The molecule has 132 valence electrons. The molecule has 1 N–H and O–H groups in total. The number of likely N-dealkylation sites (N-methyl/N-ethyl adjacent to an activating group) is 1. The highest BCUT2D eigenvalue weighted by molar-refractivity contribution is 5.89. The number of aliphatic hydroxyl groups is 1. The highest BCUT2D eigenvalue weighted by atomic mass is 16.3. The average Bonchev–Trinajstić information content (AvgIpc) is 3.01. The molecule has 0 radical (unpaired) electrons. The topological polar surface area (TPSA) is 60.9 Å². The van der Waals surface area contributed by atoms with Crippen LogP contribution < -0.4 is 0 Å². The second-order valence-electron chi connectivity index (χ2n) is 7.07. The van der Waals surface area contributed by atoms with Gasteiger partial charge in [0, 0.05) is 19.6 Å². The normalized spacial score (nSPS) is 17.8. The molecular weight excluding hydrogens is 304 g/mol. The summed E-state index contributed by atoms with van der Waals surface area (Å²) in [5.41, 5.74) is 0.0211. The highest BCUT2D eigenvalue weighted by Crippen LogP contribution is 2.21. The number of carbonyl (C=O) groups is 2. The number of benzene rings is 1. The zero-order chi connectivity index (χ0) is 17.7. The van der Waals surface area contributed by atoms with Crippen LogP contribution in [0.2, 0.25) is 0 Å². The molecule has 1 aromatic rings. The lowest BCUT2D eigenvalue weighted by atomic mass is 10.1. The maximum absolute atomic E-state index is 12.8. The minimum atomic E-state index is -0.941. The van der Waals surface area contributed by atoms with Crippen molar-refractivity contribution in [3.05, 3.63) is 35.9 Å². The van der Waals surface area contributed by atoms with Crippen LogP contribution in [0.5, 0.6) is 0 Å². The van der Waals surface area contributed by atoms with Gasteiger partial charge in [0.25, 0.3) is 0 Å². The van der Waals surface area contributed by atoms with Crippen molar-refractivity contribution >= 4 is 11.8 Å². The third-order valence-corrected chi connectivity index (χ3v) is 4.33. The number of likely N-dealkylation sites (tertiary alicyclic amines) is 1. The fourth-order valence-corrected chi connectivity index (χ4v) is 3.22. The van der Waals surface area contributed by atoms with E-state index in [0.717, 1.165) is 12.0 Å². The molecule has 1 saturated heterocycles. The van der Waals surface area contributed by atoms with Gasteiger partial charge in [-0.15, -0.1) is 0 Å². The Hall–Kier alpha value is -1.88. The van der Waals surface area contributed by atoms with Gasteiger partial charge in [-0.1, -0.05) is 30.3 Å². The molecule has 24 heavy (non-hydrogen) atoms. The number of hydrogen-bond donors (Lipinski definition) is 1. The lowest BCUT2D eigenvalue weighted by Gasteiger charge is -2.33. The zero-order valence-corrected chi connectivity index (χ0v) is 14.9. The molecule has 0 saturated carbocycles. The van der Waals surface area contributed by atoms with Crippen LogP contribution in [-0.2, 0) is 16.0 Å². The number of nitrogens with zero attached hydrogens (tertiary/aromatic N) is 2. The van der Waals surface area contributed by atoms with Crippen LogP contribution in [0.1, 0.15) is 39.2 Å². The molecule has 1 aliphatic rings. The van der Waals surface area contributed by atoms with E-state index in [1.807, 2.05) is 37.3 Å². The first-order valence-electron chi connectivity index (χ1n) is 8.66. The van der Waals surface area contributed by atoms with Gasteiger partial charge in [0.2, 0.25) is 11.8 Å². The summed E-state index contributed by atoms with van der Waals surface area (Å²) in [7, 11) is 0. The van der Waals surface area contributed by atoms with Gasteiger partial charge in [-0.3, -0.25) is 9.59 Å². The van der Waals surface area contributed by atoms with E-state index in [1.54, 1.807) is 23.6 Å². The fraction of sp³-hybridized carbons (Fsp3) is 0.579. The van der Waals surface area contributed by atoms with E-state index in [1.165, 1.54) is 0 Å². The SMILES string of the molecule is CCN(CC(C)(C)O)C(=O)C1CCCN1C(=O)Cc1ccccc1. The lowest BCUT2D eigenvalue weighted by molar-refractivity contribution is -0.145. The maximum Gasteiger partial charge on any atom is 0.245 e. The summed E-state index contributed by atoms with van der Waals surface area (Å²) in [4.78, 5) is 28.8. The van der Waals surface area contributed by atoms with Crippen LogP contribution in [0.15, 0.2) is 30.3 Å². The van der Waals surface area contributed by atoms with E-state index in [0.29, 0.717) is 25.9 Å². The Morgan fingerprint density at radius 1 is 1.29 bits per heavy atom. The standard InChI is InChI=1S/C19H28N2O3/c1-4-20(14-19(2,3)24)18(23)16-11-8-12-21(16)17(22)13-15-9-6-5-7-10-15/h5-7,9-10,16,24H,4,8,11-14H2,1-3H3. The second-order valence-corrected chi connectivity index (χ2v) is 7.07. The van der Waals surface area contributed by atoms with Crippen molar-refractivity contribution in [2.75, 3.05) is 19.6 Å². The van der Waals surface area contributed by atoms with E-state index in [9.17, 15) is 14.7 Å². The van der Waals surface area contributed by atoms with E-state index in [2.05, 4.69) is 0 Å². The Bertz CT molecular complexity index is 566. The first-order chi connectivity index (χ1) is 11.3. The monoisotopic (exact) mass is 332 g/mol.